The van der Waals surface area contributed by atoms with Crippen molar-refractivity contribution in [2.45, 2.75) is 51.6 Å². The Balaban J connectivity index is 1.78. The average molecular weight is 316 g/mol. The van der Waals surface area contributed by atoms with E-state index in [1.54, 1.807) is 18.4 Å². The van der Waals surface area contributed by atoms with Crippen LogP contribution in [-0.2, 0) is 16.6 Å². The summed E-state index contributed by atoms with van der Waals surface area (Å²) in [4.78, 5) is 6.04. The summed E-state index contributed by atoms with van der Waals surface area (Å²) >= 11 is 1.73. The minimum absolute atomic E-state index is 0.185. The predicted octanol–water partition coefficient (Wildman–Crippen LogP) is 5.21. The molecule has 1 atom stereocenters. The fourth-order valence-electron chi connectivity index (χ4n) is 2.84. The van der Waals surface area contributed by atoms with Crippen LogP contribution in [0.2, 0.25) is 0 Å². The summed E-state index contributed by atoms with van der Waals surface area (Å²) in [7, 11) is 1.79. The van der Waals surface area contributed by atoms with Gasteiger partial charge in [0.1, 0.15) is 0 Å². The highest BCUT2D eigenvalue weighted by Gasteiger charge is 2.24. The van der Waals surface area contributed by atoms with Gasteiger partial charge in [-0.3, -0.25) is 0 Å². The zero-order valence-corrected chi connectivity index (χ0v) is 14.6. The van der Waals surface area contributed by atoms with Crippen LogP contribution in [0.1, 0.15) is 55.9 Å². The maximum atomic E-state index is 5.58. The Kier molecular flexibility index (Phi) is 4.24. The van der Waals surface area contributed by atoms with Crippen molar-refractivity contribution in [2.75, 3.05) is 12.4 Å². The van der Waals surface area contributed by atoms with Gasteiger partial charge in [0.2, 0.25) is 0 Å². The molecule has 4 heteroatoms. The Morgan fingerprint density at radius 3 is 2.59 bits per heavy atom. The third kappa shape index (κ3) is 3.18. The van der Waals surface area contributed by atoms with Gasteiger partial charge in [-0.05, 0) is 42.4 Å². The quantitative estimate of drug-likeness (QED) is 0.844. The number of thiazole rings is 1. The number of aromatic nitrogens is 1. The van der Waals surface area contributed by atoms with Gasteiger partial charge in [-0.1, -0.05) is 44.2 Å². The predicted molar refractivity (Wildman–Crippen MR) is 93.2 cm³/mol. The van der Waals surface area contributed by atoms with Gasteiger partial charge in [0, 0.05) is 12.8 Å². The second kappa shape index (κ2) is 6.01. The molecule has 0 amide bonds. The number of anilines is 2. The van der Waals surface area contributed by atoms with Crippen LogP contribution in [0, 0.1) is 0 Å². The van der Waals surface area contributed by atoms with E-state index in [-0.39, 0.29) is 11.5 Å². The van der Waals surface area contributed by atoms with E-state index in [2.05, 4.69) is 50.4 Å². The second-order valence-electron chi connectivity index (χ2n) is 6.90. The molecule has 0 saturated carbocycles. The van der Waals surface area contributed by atoms with E-state index in [0.717, 1.165) is 30.1 Å². The van der Waals surface area contributed by atoms with Crippen molar-refractivity contribution in [3.8, 4) is 0 Å². The van der Waals surface area contributed by atoms with Gasteiger partial charge in [-0.2, -0.15) is 0 Å². The summed E-state index contributed by atoms with van der Waals surface area (Å²) in [6.45, 7) is 6.69. The maximum Gasteiger partial charge on any atom is 0.187 e. The van der Waals surface area contributed by atoms with Crippen LogP contribution in [-0.4, -0.2) is 12.1 Å². The molecule has 1 aliphatic carbocycles. The molecule has 1 aliphatic rings. The van der Waals surface area contributed by atoms with E-state index in [1.165, 1.54) is 16.1 Å². The van der Waals surface area contributed by atoms with Crippen molar-refractivity contribution in [1.82, 2.24) is 4.98 Å². The first-order valence-electron chi connectivity index (χ1n) is 7.87. The van der Waals surface area contributed by atoms with E-state index in [9.17, 15) is 0 Å². The van der Waals surface area contributed by atoms with Crippen LogP contribution in [0.5, 0.6) is 0 Å². The summed E-state index contributed by atoms with van der Waals surface area (Å²) in [5, 5.41) is 4.41. The third-order valence-corrected chi connectivity index (χ3v) is 5.29. The number of rotatable bonds is 3. The fourth-order valence-corrected chi connectivity index (χ4v) is 3.98. The molecule has 0 bridgehead atoms. The SMILES string of the molecule is COC1CCCc2nc(Nc3ccc(C(C)(C)C)cc3)sc21. The number of hydrogen-bond donors (Lipinski definition) is 1. The zero-order valence-electron chi connectivity index (χ0n) is 13.8. The number of methoxy groups -OCH3 is 1. The van der Waals surface area contributed by atoms with Crippen molar-refractivity contribution in [3.63, 3.8) is 0 Å². The van der Waals surface area contributed by atoms with Crippen LogP contribution in [0.15, 0.2) is 24.3 Å². The molecule has 0 fully saturated rings. The van der Waals surface area contributed by atoms with Crippen LogP contribution in [0.4, 0.5) is 10.8 Å². The number of nitrogens with zero attached hydrogens (tertiary/aromatic N) is 1. The number of ether oxygens (including phenoxy) is 1. The Labute approximate surface area is 136 Å². The zero-order chi connectivity index (χ0) is 15.7. The molecule has 2 aromatic rings. The lowest BCUT2D eigenvalue weighted by atomic mass is 9.87. The van der Waals surface area contributed by atoms with E-state index in [0.29, 0.717) is 0 Å². The highest BCUT2D eigenvalue weighted by Crippen LogP contribution is 2.38. The molecule has 0 aliphatic heterocycles. The first kappa shape index (κ1) is 15.5. The molecule has 1 aromatic heterocycles. The molecule has 0 saturated heterocycles. The third-order valence-electron chi connectivity index (χ3n) is 4.19. The van der Waals surface area contributed by atoms with Gasteiger partial charge < -0.3 is 10.1 Å². The number of nitrogens with one attached hydrogen (secondary N) is 1. The summed E-state index contributed by atoms with van der Waals surface area (Å²) in [5.74, 6) is 0. The van der Waals surface area contributed by atoms with E-state index in [1.807, 2.05) is 0 Å². The van der Waals surface area contributed by atoms with Gasteiger partial charge in [-0.25, -0.2) is 4.98 Å². The summed E-state index contributed by atoms with van der Waals surface area (Å²) in [5.41, 5.74) is 3.82. The Hall–Kier alpha value is -1.39. The number of aryl methyl sites for hydroxylation is 1. The largest absolute Gasteiger partial charge is 0.376 e. The molecular weight excluding hydrogens is 292 g/mol. The molecule has 1 unspecified atom stereocenters. The molecule has 118 valence electrons. The monoisotopic (exact) mass is 316 g/mol. The van der Waals surface area contributed by atoms with Crippen LogP contribution in [0.3, 0.4) is 0 Å². The lowest BCUT2D eigenvalue weighted by Gasteiger charge is -2.19. The van der Waals surface area contributed by atoms with Crippen molar-refractivity contribution in [1.29, 1.82) is 0 Å². The van der Waals surface area contributed by atoms with Gasteiger partial charge in [0.25, 0.3) is 0 Å². The minimum Gasteiger partial charge on any atom is -0.376 e. The summed E-state index contributed by atoms with van der Waals surface area (Å²) < 4.78 is 5.58. The topological polar surface area (TPSA) is 34.1 Å². The van der Waals surface area contributed by atoms with Crippen molar-refractivity contribution in [2.24, 2.45) is 0 Å². The van der Waals surface area contributed by atoms with E-state index < -0.39 is 0 Å². The van der Waals surface area contributed by atoms with E-state index in [4.69, 9.17) is 9.72 Å². The Morgan fingerprint density at radius 2 is 1.95 bits per heavy atom. The first-order chi connectivity index (χ1) is 10.5. The van der Waals surface area contributed by atoms with Crippen molar-refractivity contribution in [3.05, 3.63) is 40.4 Å². The van der Waals surface area contributed by atoms with Crippen LogP contribution < -0.4 is 5.32 Å². The summed E-state index contributed by atoms with van der Waals surface area (Å²) in [6, 6.07) is 8.64. The first-order valence-corrected chi connectivity index (χ1v) is 8.69. The van der Waals surface area contributed by atoms with Gasteiger partial charge in [0.05, 0.1) is 16.7 Å². The normalized spacial score (nSPS) is 18.1. The molecular formula is C18H24N2OS. The van der Waals surface area contributed by atoms with Gasteiger partial charge >= 0.3 is 0 Å². The number of fused-ring (bicyclic) bond motifs is 1. The number of benzene rings is 1. The molecule has 22 heavy (non-hydrogen) atoms. The lowest BCUT2D eigenvalue weighted by Crippen LogP contribution is -2.10. The van der Waals surface area contributed by atoms with Crippen LogP contribution in [0.25, 0.3) is 0 Å². The van der Waals surface area contributed by atoms with Crippen molar-refractivity contribution < 1.29 is 4.74 Å². The highest BCUT2D eigenvalue weighted by atomic mass is 32.1. The smallest absolute Gasteiger partial charge is 0.187 e. The van der Waals surface area contributed by atoms with Crippen molar-refractivity contribution >= 4 is 22.2 Å². The standard InChI is InChI=1S/C18H24N2OS/c1-18(2,3)12-8-10-13(11-9-12)19-17-20-14-6-5-7-15(21-4)16(14)22-17/h8-11,15H,5-7H2,1-4H3,(H,19,20). The Morgan fingerprint density at radius 1 is 1.23 bits per heavy atom. The minimum atomic E-state index is 0.185. The molecule has 0 radical (unpaired) electrons. The van der Waals surface area contributed by atoms with Crippen LogP contribution >= 0.6 is 11.3 Å². The fraction of sp³-hybridized carbons (Fsp3) is 0.500. The van der Waals surface area contributed by atoms with Gasteiger partial charge in [-0.15, -0.1) is 0 Å². The number of hydrogen-bond acceptors (Lipinski definition) is 4. The summed E-state index contributed by atoms with van der Waals surface area (Å²) in [6.07, 6.45) is 3.55. The highest BCUT2D eigenvalue weighted by molar-refractivity contribution is 7.15. The lowest BCUT2D eigenvalue weighted by molar-refractivity contribution is 0.0908. The molecule has 1 N–H and O–H groups in total. The molecule has 3 rings (SSSR count). The van der Waals surface area contributed by atoms with Gasteiger partial charge in [0.15, 0.2) is 5.13 Å². The average Bonchev–Trinajstić information content (AvgIpc) is 2.89. The molecule has 1 heterocycles. The molecule has 0 spiro atoms. The molecule has 1 aromatic carbocycles. The second-order valence-corrected chi connectivity index (χ2v) is 7.93. The molecule has 3 nitrogen and oxygen atoms in total. The Bertz CT molecular complexity index is 640. The maximum absolute atomic E-state index is 5.58. The van der Waals surface area contributed by atoms with E-state index >= 15 is 0 Å².